The van der Waals surface area contributed by atoms with Gasteiger partial charge in [-0.2, -0.15) is 0 Å². The predicted molar refractivity (Wildman–Crippen MR) is 103 cm³/mol. The van der Waals surface area contributed by atoms with Crippen molar-refractivity contribution < 1.29 is 22.7 Å². The molecule has 2 N–H and O–H groups in total. The zero-order valence-electron chi connectivity index (χ0n) is 14.7. The first-order valence-electron chi connectivity index (χ1n) is 7.50. The molecule has 0 aliphatic heterocycles. The monoisotopic (exact) mass is 442 g/mol. The van der Waals surface area contributed by atoms with Crippen molar-refractivity contribution in [2.24, 2.45) is 0 Å². The number of ether oxygens (including phenoxy) is 2. The molecule has 0 radical (unpaired) electrons. The Bertz CT molecular complexity index is 919. The minimum atomic E-state index is -3.63. The highest BCUT2D eigenvalue weighted by Gasteiger charge is 2.18. The number of rotatable bonds is 6. The number of aryl methyl sites for hydroxylation is 1. The van der Waals surface area contributed by atoms with Crippen molar-refractivity contribution in [1.29, 1.82) is 0 Å². The van der Waals surface area contributed by atoms with Gasteiger partial charge in [0.1, 0.15) is 16.0 Å². The normalized spacial score (nSPS) is 11.1. The van der Waals surface area contributed by atoms with Crippen molar-refractivity contribution in [2.75, 3.05) is 26.6 Å². The highest BCUT2D eigenvalue weighted by Crippen LogP contribution is 2.35. The molecule has 1 amide bonds. The lowest BCUT2D eigenvalue weighted by atomic mass is 10.1. The van der Waals surface area contributed by atoms with Gasteiger partial charge in [-0.25, -0.2) is 13.1 Å². The number of sulfonamides is 1. The maximum Gasteiger partial charge on any atom is 0.255 e. The van der Waals surface area contributed by atoms with Gasteiger partial charge in [0.2, 0.25) is 10.0 Å². The summed E-state index contributed by atoms with van der Waals surface area (Å²) in [5, 5.41) is 2.69. The van der Waals surface area contributed by atoms with Crippen molar-refractivity contribution in [2.45, 2.75) is 11.8 Å². The van der Waals surface area contributed by atoms with Crippen molar-refractivity contribution >= 4 is 37.5 Å². The number of hydrogen-bond acceptors (Lipinski definition) is 5. The molecule has 0 saturated carbocycles. The summed E-state index contributed by atoms with van der Waals surface area (Å²) in [5.74, 6) is 0.458. The standard InChI is InChI=1S/C17H19BrN2O5S/c1-10-5-6-12(9-15(10)26(22,23)19-2)20-17(21)11-7-13(24-3)16(18)14(8-11)25-4/h5-9,19H,1-4H3,(H,20,21). The average molecular weight is 443 g/mol. The summed E-state index contributed by atoms with van der Waals surface area (Å²) >= 11 is 3.34. The van der Waals surface area contributed by atoms with Crippen LogP contribution < -0.4 is 19.5 Å². The molecule has 0 fully saturated rings. The smallest absolute Gasteiger partial charge is 0.255 e. The Morgan fingerprint density at radius 1 is 1.08 bits per heavy atom. The molecule has 0 aliphatic rings. The molecule has 0 spiro atoms. The number of carbonyl (C=O) groups excluding carboxylic acids is 1. The second-order valence-electron chi connectivity index (χ2n) is 5.34. The molecule has 0 unspecified atom stereocenters. The van der Waals surface area contributed by atoms with E-state index in [9.17, 15) is 13.2 Å². The van der Waals surface area contributed by atoms with Gasteiger partial charge < -0.3 is 14.8 Å². The van der Waals surface area contributed by atoms with Crippen LogP contribution in [0.15, 0.2) is 39.7 Å². The molecular weight excluding hydrogens is 424 g/mol. The van der Waals surface area contributed by atoms with E-state index < -0.39 is 15.9 Å². The highest BCUT2D eigenvalue weighted by molar-refractivity contribution is 9.10. The number of halogens is 1. The van der Waals surface area contributed by atoms with Gasteiger partial charge >= 0.3 is 0 Å². The molecule has 0 saturated heterocycles. The summed E-state index contributed by atoms with van der Waals surface area (Å²) in [5.41, 5.74) is 1.24. The van der Waals surface area contributed by atoms with Crippen LogP contribution in [0, 0.1) is 6.92 Å². The molecule has 9 heteroatoms. The van der Waals surface area contributed by atoms with E-state index in [4.69, 9.17) is 9.47 Å². The lowest BCUT2D eigenvalue weighted by Gasteiger charge is -2.13. The fourth-order valence-electron chi connectivity index (χ4n) is 2.28. The summed E-state index contributed by atoms with van der Waals surface area (Å²) in [4.78, 5) is 12.7. The minimum Gasteiger partial charge on any atom is -0.495 e. The first-order valence-corrected chi connectivity index (χ1v) is 9.78. The van der Waals surface area contributed by atoms with Gasteiger partial charge in [0.15, 0.2) is 0 Å². The maximum atomic E-state index is 12.6. The lowest BCUT2D eigenvalue weighted by molar-refractivity contribution is 0.102. The predicted octanol–water partition coefficient (Wildman–Crippen LogP) is 2.94. The molecule has 2 aromatic rings. The van der Waals surface area contributed by atoms with Gasteiger partial charge in [-0.3, -0.25) is 4.79 Å². The van der Waals surface area contributed by atoms with Crippen LogP contribution in [0.1, 0.15) is 15.9 Å². The first-order chi connectivity index (χ1) is 12.2. The quantitative estimate of drug-likeness (QED) is 0.716. The Morgan fingerprint density at radius 3 is 2.15 bits per heavy atom. The third-order valence-corrected chi connectivity index (χ3v) is 6.05. The Balaban J connectivity index is 2.38. The Labute approximate surface area is 160 Å². The first kappa shape index (κ1) is 20.2. The maximum absolute atomic E-state index is 12.6. The van der Waals surface area contributed by atoms with E-state index in [2.05, 4.69) is 26.0 Å². The molecule has 0 aromatic heterocycles. The third kappa shape index (κ3) is 4.17. The van der Waals surface area contributed by atoms with Crippen LogP contribution in [-0.4, -0.2) is 35.6 Å². The molecule has 2 aromatic carbocycles. The highest BCUT2D eigenvalue weighted by atomic mass is 79.9. The van der Waals surface area contributed by atoms with E-state index in [1.165, 1.54) is 27.3 Å². The fourth-order valence-corrected chi connectivity index (χ4v) is 3.83. The molecule has 0 heterocycles. The molecule has 0 atom stereocenters. The topological polar surface area (TPSA) is 93.7 Å². The van der Waals surface area contributed by atoms with Gasteiger partial charge in [0.25, 0.3) is 5.91 Å². The number of hydrogen-bond donors (Lipinski definition) is 2. The van der Waals surface area contributed by atoms with Crippen molar-refractivity contribution in [3.8, 4) is 11.5 Å². The molecule has 2 rings (SSSR count). The van der Waals surface area contributed by atoms with E-state index in [1.54, 1.807) is 31.2 Å². The van der Waals surface area contributed by atoms with Gasteiger partial charge in [0, 0.05) is 11.3 Å². The Hall–Kier alpha value is -2.10. The van der Waals surface area contributed by atoms with Crippen LogP contribution in [0.2, 0.25) is 0 Å². The number of benzene rings is 2. The average Bonchev–Trinajstić information content (AvgIpc) is 2.63. The van der Waals surface area contributed by atoms with Crippen LogP contribution in [0.4, 0.5) is 5.69 Å². The summed E-state index contributed by atoms with van der Waals surface area (Å²) in [6.45, 7) is 1.68. The number of anilines is 1. The SMILES string of the molecule is CNS(=O)(=O)c1cc(NC(=O)c2cc(OC)c(Br)c(OC)c2)ccc1C. The van der Waals surface area contributed by atoms with E-state index in [0.717, 1.165) is 0 Å². The lowest BCUT2D eigenvalue weighted by Crippen LogP contribution is -2.20. The number of carbonyl (C=O) groups is 1. The molecule has 140 valence electrons. The second kappa shape index (κ2) is 8.07. The van der Waals surface area contributed by atoms with Gasteiger partial charge in [-0.05, 0) is 59.7 Å². The second-order valence-corrected chi connectivity index (χ2v) is 7.98. The van der Waals surface area contributed by atoms with Crippen molar-refractivity contribution in [1.82, 2.24) is 4.72 Å². The van der Waals surface area contributed by atoms with Crippen LogP contribution in [0.25, 0.3) is 0 Å². The zero-order valence-corrected chi connectivity index (χ0v) is 17.1. The van der Waals surface area contributed by atoms with E-state index in [-0.39, 0.29) is 4.90 Å². The molecule has 0 aliphatic carbocycles. The van der Waals surface area contributed by atoms with Crippen LogP contribution in [0.3, 0.4) is 0 Å². The Morgan fingerprint density at radius 2 is 1.65 bits per heavy atom. The van der Waals surface area contributed by atoms with Crippen LogP contribution in [0.5, 0.6) is 11.5 Å². The summed E-state index contributed by atoms with van der Waals surface area (Å²) < 4.78 is 37.5. The largest absolute Gasteiger partial charge is 0.495 e. The summed E-state index contributed by atoms with van der Waals surface area (Å²) in [7, 11) is 0.672. The zero-order chi connectivity index (χ0) is 19.5. The third-order valence-electron chi connectivity index (χ3n) is 3.71. The van der Waals surface area contributed by atoms with Gasteiger partial charge in [-0.1, -0.05) is 6.07 Å². The van der Waals surface area contributed by atoms with E-state index in [1.807, 2.05) is 0 Å². The van der Waals surface area contributed by atoms with Crippen molar-refractivity contribution in [3.63, 3.8) is 0 Å². The van der Waals surface area contributed by atoms with E-state index in [0.29, 0.717) is 32.8 Å². The number of amides is 1. The fraction of sp³-hybridized carbons (Fsp3) is 0.235. The van der Waals surface area contributed by atoms with Crippen LogP contribution >= 0.6 is 15.9 Å². The minimum absolute atomic E-state index is 0.101. The molecular formula is C17H19BrN2O5S. The summed E-state index contributed by atoms with van der Waals surface area (Å²) in [6.07, 6.45) is 0. The van der Waals surface area contributed by atoms with Crippen molar-refractivity contribution in [3.05, 3.63) is 45.9 Å². The molecule has 0 bridgehead atoms. The van der Waals surface area contributed by atoms with E-state index >= 15 is 0 Å². The molecule has 26 heavy (non-hydrogen) atoms. The van der Waals surface area contributed by atoms with Crippen LogP contribution in [-0.2, 0) is 10.0 Å². The number of nitrogens with one attached hydrogen (secondary N) is 2. The Kier molecular flexibility index (Phi) is 6.27. The van der Waals surface area contributed by atoms with Gasteiger partial charge in [0.05, 0.1) is 19.1 Å². The summed E-state index contributed by atoms with van der Waals surface area (Å²) in [6, 6.07) is 7.78. The molecule has 7 nitrogen and oxygen atoms in total. The van der Waals surface area contributed by atoms with Gasteiger partial charge in [-0.15, -0.1) is 0 Å². The number of methoxy groups -OCH3 is 2.